The molecule has 4 saturated heterocycles. The number of carbonyl (C=O) groups is 1. The molecule has 46 heavy (non-hydrogen) atoms. The minimum Gasteiger partial charge on any atom is -0.461 e. The zero-order valence-corrected chi connectivity index (χ0v) is 27.6. The largest absolute Gasteiger partial charge is 0.461 e. The number of carbonyl (C=O) groups excluding carboxylic acids is 1. The van der Waals surface area contributed by atoms with Crippen LogP contribution in [-0.4, -0.2) is 86.9 Å². The number of amides is 1. The highest BCUT2D eigenvalue weighted by Crippen LogP contribution is 2.43. The summed E-state index contributed by atoms with van der Waals surface area (Å²) in [6, 6.07) is 0.952. The zero-order valence-electron chi connectivity index (χ0n) is 26.1. The van der Waals surface area contributed by atoms with Crippen molar-refractivity contribution < 1.29 is 23.0 Å². The number of halogens is 4. The second-order valence-electron chi connectivity index (χ2n) is 13.8. The van der Waals surface area contributed by atoms with Gasteiger partial charge in [-0.3, -0.25) is 14.8 Å². The van der Waals surface area contributed by atoms with Gasteiger partial charge in [0.2, 0.25) is 0 Å². The number of anilines is 2. The van der Waals surface area contributed by atoms with Crippen molar-refractivity contribution in [3.05, 3.63) is 33.9 Å². The Morgan fingerprint density at radius 2 is 1.74 bits per heavy atom. The number of benzene rings is 1. The van der Waals surface area contributed by atoms with Crippen LogP contribution in [0.1, 0.15) is 59.3 Å². The van der Waals surface area contributed by atoms with E-state index in [1.54, 1.807) is 0 Å². The van der Waals surface area contributed by atoms with Crippen LogP contribution in [0.15, 0.2) is 12.3 Å². The minimum atomic E-state index is -0.934. The van der Waals surface area contributed by atoms with Crippen LogP contribution in [0.2, 0.25) is 10.0 Å². The van der Waals surface area contributed by atoms with Crippen LogP contribution in [0, 0.1) is 11.6 Å². The number of pyridine rings is 1. The van der Waals surface area contributed by atoms with Crippen molar-refractivity contribution >= 4 is 51.7 Å². The monoisotopic (exact) mass is 675 g/mol. The molecule has 0 spiro atoms. The number of nitrogens with zero attached hydrogens (tertiary/aromatic N) is 6. The van der Waals surface area contributed by atoms with Gasteiger partial charge in [0.15, 0.2) is 11.6 Å². The van der Waals surface area contributed by atoms with Gasteiger partial charge in [-0.15, -0.1) is 0 Å². The molecule has 0 saturated carbocycles. The summed E-state index contributed by atoms with van der Waals surface area (Å²) < 4.78 is 43.8. The van der Waals surface area contributed by atoms with Gasteiger partial charge in [-0.25, -0.2) is 13.6 Å². The number of hydrogen-bond donors (Lipinski definition) is 1. The van der Waals surface area contributed by atoms with Crippen LogP contribution in [-0.2, 0) is 4.74 Å². The molecular formula is C32H37Cl2F2N7O3. The standard InChI is InChI=1S/C32H37Cl2F2N7O3/c1-31(2,3)46-30(44)43-17-6-7-18(43)15-41(14-17)28-19-13-38-27(22-23(35)20(33)12-21(34)25(22)37)24(36)26(19)39-29(40-28)45-16-32-8-4-10-42(32)11-5-9-32/h12-13,17-18H,4-11,14-16,37H2,1-3H3/t17-,18+. The van der Waals surface area contributed by atoms with Crippen molar-refractivity contribution in [3.63, 3.8) is 0 Å². The molecule has 10 nitrogen and oxygen atoms in total. The Balaban J connectivity index is 1.29. The molecule has 0 radical (unpaired) electrons. The molecule has 1 amide bonds. The second-order valence-corrected chi connectivity index (χ2v) is 14.7. The number of aromatic nitrogens is 3. The Labute approximate surface area is 276 Å². The van der Waals surface area contributed by atoms with Crippen LogP contribution in [0.3, 0.4) is 0 Å². The van der Waals surface area contributed by atoms with Gasteiger partial charge in [-0.05, 0) is 78.5 Å². The van der Waals surface area contributed by atoms with Gasteiger partial charge in [0.25, 0.3) is 0 Å². The molecule has 4 fully saturated rings. The zero-order chi connectivity index (χ0) is 32.5. The van der Waals surface area contributed by atoms with E-state index in [-0.39, 0.29) is 62.2 Å². The summed E-state index contributed by atoms with van der Waals surface area (Å²) in [5, 5.41) is -0.00382. The molecule has 246 valence electrons. The van der Waals surface area contributed by atoms with E-state index < -0.39 is 17.2 Å². The van der Waals surface area contributed by atoms with E-state index in [1.165, 1.54) is 12.3 Å². The van der Waals surface area contributed by atoms with Crippen molar-refractivity contribution in [1.82, 2.24) is 24.8 Å². The third kappa shape index (κ3) is 5.35. The number of nitrogen functional groups attached to an aromatic ring is 1. The Morgan fingerprint density at radius 3 is 2.39 bits per heavy atom. The highest BCUT2D eigenvalue weighted by atomic mass is 35.5. The molecule has 6 heterocycles. The van der Waals surface area contributed by atoms with E-state index >= 15 is 8.78 Å². The first kappa shape index (κ1) is 31.4. The Bertz CT molecular complexity index is 1670. The molecule has 2 bridgehead atoms. The summed E-state index contributed by atoms with van der Waals surface area (Å²) >= 11 is 12.2. The minimum absolute atomic E-state index is 0.0196. The predicted molar refractivity (Wildman–Crippen MR) is 172 cm³/mol. The van der Waals surface area contributed by atoms with E-state index in [9.17, 15) is 4.79 Å². The number of hydrogen-bond acceptors (Lipinski definition) is 9. The summed E-state index contributed by atoms with van der Waals surface area (Å²) in [6.07, 6.45) is 6.89. The Morgan fingerprint density at radius 1 is 1.07 bits per heavy atom. The third-order valence-corrected chi connectivity index (χ3v) is 10.3. The summed E-state index contributed by atoms with van der Waals surface area (Å²) in [7, 11) is 0. The molecule has 4 aliphatic rings. The molecule has 14 heteroatoms. The summed E-state index contributed by atoms with van der Waals surface area (Å²) in [6.45, 7) is 8.87. The van der Waals surface area contributed by atoms with Gasteiger partial charge in [0, 0.05) is 19.3 Å². The average Bonchev–Trinajstić information content (AvgIpc) is 3.66. The van der Waals surface area contributed by atoms with Crippen molar-refractivity contribution in [1.29, 1.82) is 0 Å². The molecule has 0 aliphatic carbocycles. The van der Waals surface area contributed by atoms with Gasteiger partial charge < -0.3 is 20.1 Å². The fourth-order valence-electron chi connectivity index (χ4n) is 7.69. The number of nitrogens with two attached hydrogens (primary N) is 1. The molecule has 2 aromatic heterocycles. The van der Waals surface area contributed by atoms with Crippen molar-refractivity contribution in [3.8, 4) is 17.3 Å². The molecule has 0 unspecified atom stereocenters. The smallest absolute Gasteiger partial charge is 0.410 e. The van der Waals surface area contributed by atoms with Gasteiger partial charge >= 0.3 is 12.1 Å². The van der Waals surface area contributed by atoms with E-state index in [4.69, 9.17) is 43.4 Å². The van der Waals surface area contributed by atoms with Crippen LogP contribution >= 0.6 is 23.2 Å². The van der Waals surface area contributed by atoms with Gasteiger partial charge in [-0.2, -0.15) is 9.97 Å². The molecule has 1 aromatic carbocycles. The maximum atomic E-state index is 16.5. The Hall–Kier alpha value is -3.22. The molecule has 3 aromatic rings. The molecule has 4 aliphatic heterocycles. The molecule has 7 rings (SSSR count). The highest BCUT2D eigenvalue weighted by Gasteiger charge is 2.46. The van der Waals surface area contributed by atoms with Crippen LogP contribution in [0.4, 0.5) is 25.1 Å². The van der Waals surface area contributed by atoms with Crippen LogP contribution < -0.4 is 15.4 Å². The van der Waals surface area contributed by atoms with E-state index in [0.717, 1.165) is 51.6 Å². The number of rotatable bonds is 5. The third-order valence-electron chi connectivity index (χ3n) is 9.76. The van der Waals surface area contributed by atoms with Crippen molar-refractivity contribution in [2.75, 3.05) is 43.4 Å². The van der Waals surface area contributed by atoms with Gasteiger partial charge in [-0.1, -0.05) is 23.2 Å². The summed E-state index contributed by atoms with van der Waals surface area (Å²) in [5.41, 5.74) is 4.42. The second kappa shape index (κ2) is 11.5. The molecule has 2 N–H and O–H groups in total. The normalized spacial score (nSPS) is 22.5. The first-order valence-corrected chi connectivity index (χ1v) is 16.5. The van der Waals surface area contributed by atoms with E-state index in [0.29, 0.717) is 30.9 Å². The molecule has 2 atom stereocenters. The lowest BCUT2D eigenvalue weighted by atomic mass is 9.95. The predicted octanol–water partition coefficient (Wildman–Crippen LogP) is 6.45. The van der Waals surface area contributed by atoms with E-state index in [2.05, 4.69) is 14.9 Å². The lowest BCUT2D eigenvalue weighted by Crippen LogP contribution is -2.57. The van der Waals surface area contributed by atoms with Gasteiger partial charge in [0.1, 0.15) is 29.2 Å². The maximum Gasteiger partial charge on any atom is 0.410 e. The van der Waals surface area contributed by atoms with Crippen molar-refractivity contribution in [2.24, 2.45) is 0 Å². The molecular weight excluding hydrogens is 639 g/mol. The quantitative estimate of drug-likeness (QED) is 0.241. The number of ether oxygens (including phenoxy) is 2. The first-order valence-electron chi connectivity index (χ1n) is 15.8. The fourth-order valence-corrected chi connectivity index (χ4v) is 8.15. The summed E-state index contributed by atoms with van der Waals surface area (Å²) in [4.78, 5) is 33.1. The van der Waals surface area contributed by atoms with Crippen LogP contribution in [0.5, 0.6) is 6.01 Å². The topological polar surface area (TPSA) is 110 Å². The Kier molecular flexibility index (Phi) is 7.84. The number of piperazine rings is 1. The van der Waals surface area contributed by atoms with Crippen LogP contribution in [0.25, 0.3) is 22.2 Å². The lowest BCUT2D eigenvalue weighted by Gasteiger charge is -2.42. The SMILES string of the molecule is CC(C)(C)OC(=O)N1[C@@H]2CC[C@H]1CN(c1nc(OCC34CCCN3CCC4)nc3c(F)c(-c4c(N)c(Cl)cc(Cl)c4F)ncc13)C2. The lowest BCUT2D eigenvalue weighted by molar-refractivity contribution is 0.0122. The summed E-state index contributed by atoms with van der Waals surface area (Å²) in [5.74, 6) is -1.40. The average molecular weight is 677 g/mol. The van der Waals surface area contributed by atoms with Gasteiger partial charge in [0.05, 0.1) is 44.3 Å². The first-order chi connectivity index (χ1) is 21.8. The fraction of sp³-hybridized carbons (Fsp3) is 0.562. The van der Waals surface area contributed by atoms with Crippen molar-refractivity contribution in [2.45, 2.75) is 82.5 Å². The highest BCUT2D eigenvalue weighted by molar-refractivity contribution is 6.37. The van der Waals surface area contributed by atoms with E-state index in [1.807, 2.05) is 30.6 Å². The maximum absolute atomic E-state index is 16.5. The number of fused-ring (bicyclic) bond motifs is 4.